The lowest BCUT2D eigenvalue weighted by atomic mass is 9.84. The van der Waals surface area contributed by atoms with Crippen LogP contribution in [0.1, 0.15) is 40.8 Å². The first kappa shape index (κ1) is 22.5. The van der Waals surface area contributed by atoms with Gasteiger partial charge in [-0.3, -0.25) is 9.88 Å². The number of fused-ring (bicyclic) bond motifs is 2. The zero-order valence-corrected chi connectivity index (χ0v) is 18.6. The van der Waals surface area contributed by atoms with Crippen LogP contribution in [0.15, 0.2) is 53.9 Å². The van der Waals surface area contributed by atoms with Gasteiger partial charge in [0.1, 0.15) is 12.8 Å². The third-order valence-corrected chi connectivity index (χ3v) is 6.47. The molecular weight excluding hydrogens is 445 g/mol. The summed E-state index contributed by atoms with van der Waals surface area (Å²) in [7, 11) is 1.39. The lowest BCUT2D eigenvalue weighted by Gasteiger charge is -2.39. The number of oxime groups is 1. The number of likely N-dealkylation sites (tertiary alicyclic amines) is 1. The number of pyridine rings is 2. The van der Waals surface area contributed by atoms with Gasteiger partial charge in [0.2, 0.25) is 5.95 Å². The van der Waals surface area contributed by atoms with E-state index in [1.807, 2.05) is 12.1 Å². The van der Waals surface area contributed by atoms with Gasteiger partial charge < -0.3 is 9.57 Å². The van der Waals surface area contributed by atoms with Crippen LogP contribution in [0.4, 0.5) is 13.2 Å². The van der Waals surface area contributed by atoms with E-state index in [1.165, 1.54) is 19.2 Å². The maximum Gasteiger partial charge on any atom is 0.213 e. The first-order valence-corrected chi connectivity index (χ1v) is 11.0. The number of hydrogen-bond acceptors (Lipinski definition) is 6. The molecule has 2 aromatic heterocycles. The number of aromatic nitrogens is 2. The van der Waals surface area contributed by atoms with E-state index in [0.29, 0.717) is 30.0 Å². The van der Waals surface area contributed by atoms with Crippen LogP contribution in [0.25, 0.3) is 0 Å². The minimum atomic E-state index is -0.955. The number of ether oxygens (including phenoxy) is 1. The zero-order valence-electron chi connectivity index (χ0n) is 18.6. The van der Waals surface area contributed by atoms with Crippen molar-refractivity contribution in [1.29, 1.82) is 0 Å². The lowest BCUT2D eigenvalue weighted by molar-refractivity contribution is -0.0801. The van der Waals surface area contributed by atoms with Gasteiger partial charge in [-0.2, -0.15) is 4.39 Å². The Labute approximate surface area is 195 Å². The number of halogens is 3. The summed E-state index contributed by atoms with van der Waals surface area (Å²) in [6, 6.07) is 8.77. The Morgan fingerprint density at radius 1 is 1.03 bits per heavy atom. The van der Waals surface area contributed by atoms with Gasteiger partial charge in [0, 0.05) is 48.7 Å². The van der Waals surface area contributed by atoms with Gasteiger partial charge in [0.05, 0.1) is 17.9 Å². The van der Waals surface area contributed by atoms with E-state index in [4.69, 9.17) is 9.57 Å². The average Bonchev–Trinajstić information content (AvgIpc) is 3.18. The van der Waals surface area contributed by atoms with E-state index in [9.17, 15) is 13.2 Å². The van der Waals surface area contributed by atoms with Gasteiger partial charge in [-0.05, 0) is 54.8 Å². The highest BCUT2D eigenvalue weighted by Gasteiger charge is 2.43. The molecule has 1 aromatic carbocycles. The number of piperidine rings is 1. The first-order chi connectivity index (χ1) is 16.5. The Hall–Kier alpha value is -3.30. The Kier molecular flexibility index (Phi) is 6.05. The van der Waals surface area contributed by atoms with Crippen molar-refractivity contribution in [1.82, 2.24) is 14.9 Å². The van der Waals surface area contributed by atoms with Gasteiger partial charge >= 0.3 is 0 Å². The SMILES string of the molecule is CO/N=C(\c1ccc(CN2CCC3(CC2)OCc2cc(F)ncc23)nc1)c1ccc(F)c(F)c1. The van der Waals surface area contributed by atoms with E-state index in [0.717, 1.165) is 54.9 Å². The van der Waals surface area contributed by atoms with Gasteiger partial charge in [-0.25, -0.2) is 13.8 Å². The van der Waals surface area contributed by atoms with E-state index in [-0.39, 0.29) is 5.60 Å². The van der Waals surface area contributed by atoms with E-state index >= 15 is 0 Å². The topological polar surface area (TPSA) is 59.8 Å². The van der Waals surface area contributed by atoms with Gasteiger partial charge in [-0.1, -0.05) is 5.16 Å². The molecular formula is C25H23F3N4O2. The maximum absolute atomic E-state index is 13.7. The highest BCUT2D eigenvalue weighted by atomic mass is 19.2. The molecule has 0 bridgehead atoms. The minimum Gasteiger partial charge on any atom is -0.399 e. The molecule has 0 unspecified atom stereocenters. The fourth-order valence-electron chi connectivity index (χ4n) is 4.67. The molecule has 3 aromatic rings. The summed E-state index contributed by atoms with van der Waals surface area (Å²) in [5.41, 5.74) is 3.75. The van der Waals surface area contributed by atoms with Gasteiger partial charge in [0.25, 0.3) is 0 Å². The molecule has 0 aliphatic carbocycles. The predicted molar refractivity (Wildman–Crippen MR) is 118 cm³/mol. The van der Waals surface area contributed by atoms with Crippen molar-refractivity contribution < 1.29 is 22.7 Å². The summed E-state index contributed by atoms with van der Waals surface area (Å²) in [5, 5.41) is 3.98. The summed E-state index contributed by atoms with van der Waals surface area (Å²) in [4.78, 5) is 15.6. The van der Waals surface area contributed by atoms with Crippen molar-refractivity contribution in [3.8, 4) is 0 Å². The molecule has 5 rings (SSSR count). The molecule has 176 valence electrons. The monoisotopic (exact) mass is 468 g/mol. The second kappa shape index (κ2) is 9.15. The second-order valence-corrected chi connectivity index (χ2v) is 8.51. The number of hydrogen-bond donors (Lipinski definition) is 0. The van der Waals surface area contributed by atoms with Crippen LogP contribution in [0.5, 0.6) is 0 Å². The quantitative estimate of drug-likeness (QED) is 0.317. The highest BCUT2D eigenvalue weighted by molar-refractivity contribution is 6.12. The van der Waals surface area contributed by atoms with Gasteiger partial charge in [-0.15, -0.1) is 0 Å². The molecule has 0 atom stereocenters. The summed E-state index contributed by atoms with van der Waals surface area (Å²) in [5.74, 6) is -2.36. The van der Waals surface area contributed by atoms with E-state index < -0.39 is 17.6 Å². The van der Waals surface area contributed by atoms with E-state index in [2.05, 4.69) is 20.0 Å². The van der Waals surface area contributed by atoms with Crippen LogP contribution in [0.3, 0.4) is 0 Å². The fourth-order valence-corrected chi connectivity index (χ4v) is 4.67. The van der Waals surface area contributed by atoms with Crippen LogP contribution < -0.4 is 0 Å². The average molecular weight is 468 g/mol. The second-order valence-electron chi connectivity index (χ2n) is 8.51. The molecule has 9 heteroatoms. The molecule has 6 nitrogen and oxygen atoms in total. The molecule has 1 fully saturated rings. The third kappa shape index (κ3) is 4.28. The van der Waals surface area contributed by atoms with Crippen LogP contribution in [-0.2, 0) is 28.3 Å². The molecule has 0 radical (unpaired) electrons. The maximum atomic E-state index is 13.7. The number of benzene rings is 1. The standard InChI is InChI=1S/C25H23F3N4O2/c1-33-31-24(16-3-5-21(26)22(27)10-16)17-2-4-19(29-12-17)14-32-8-6-25(7-9-32)20-13-30-23(28)11-18(20)15-34-25/h2-5,10-13H,6-9,14-15H2,1H3/b31-24-. The Bertz CT molecular complexity index is 1230. The summed E-state index contributed by atoms with van der Waals surface area (Å²) < 4.78 is 46.6. The van der Waals surface area contributed by atoms with Crippen LogP contribution >= 0.6 is 0 Å². The molecule has 1 spiro atoms. The van der Waals surface area contributed by atoms with E-state index in [1.54, 1.807) is 12.4 Å². The van der Waals surface area contributed by atoms with Gasteiger partial charge in [0.15, 0.2) is 11.6 Å². The van der Waals surface area contributed by atoms with Crippen molar-refractivity contribution in [2.45, 2.75) is 31.6 Å². The molecule has 2 aliphatic heterocycles. The van der Waals surface area contributed by atoms with Crippen molar-refractivity contribution in [2.75, 3.05) is 20.2 Å². The van der Waals surface area contributed by atoms with Crippen LogP contribution in [0.2, 0.25) is 0 Å². The Morgan fingerprint density at radius 3 is 2.53 bits per heavy atom. The fraction of sp³-hybridized carbons (Fsp3) is 0.320. The van der Waals surface area contributed by atoms with Crippen molar-refractivity contribution in [3.05, 3.63) is 94.3 Å². The molecule has 34 heavy (non-hydrogen) atoms. The number of rotatable bonds is 5. The smallest absolute Gasteiger partial charge is 0.213 e. The van der Waals surface area contributed by atoms with Crippen molar-refractivity contribution in [2.24, 2.45) is 5.16 Å². The minimum absolute atomic E-state index is 0.363. The predicted octanol–water partition coefficient (Wildman–Crippen LogP) is 4.31. The molecule has 0 amide bonds. The normalized spacial score (nSPS) is 17.7. The molecule has 1 saturated heterocycles. The summed E-state index contributed by atoms with van der Waals surface area (Å²) in [6.07, 6.45) is 4.86. The summed E-state index contributed by atoms with van der Waals surface area (Å²) in [6.45, 7) is 2.70. The number of nitrogens with zero attached hydrogens (tertiary/aromatic N) is 4. The van der Waals surface area contributed by atoms with Crippen LogP contribution in [0, 0.1) is 17.6 Å². The Balaban J connectivity index is 1.26. The molecule has 4 heterocycles. The zero-order chi connectivity index (χ0) is 23.7. The lowest BCUT2D eigenvalue weighted by Crippen LogP contribution is -2.42. The third-order valence-electron chi connectivity index (χ3n) is 6.47. The van der Waals surface area contributed by atoms with Crippen molar-refractivity contribution >= 4 is 5.71 Å². The molecule has 0 saturated carbocycles. The molecule has 0 N–H and O–H groups in total. The Morgan fingerprint density at radius 2 is 1.82 bits per heavy atom. The van der Waals surface area contributed by atoms with Crippen molar-refractivity contribution in [3.63, 3.8) is 0 Å². The molecule has 2 aliphatic rings. The summed E-state index contributed by atoms with van der Waals surface area (Å²) >= 11 is 0. The van der Waals surface area contributed by atoms with Crippen LogP contribution in [-0.4, -0.2) is 40.8 Å². The largest absolute Gasteiger partial charge is 0.399 e. The first-order valence-electron chi connectivity index (χ1n) is 11.0. The highest BCUT2D eigenvalue weighted by Crippen LogP contribution is 2.44.